The highest BCUT2D eigenvalue weighted by molar-refractivity contribution is 5.66. The molecule has 3 rings (SSSR count). The van der Waals surface area contributed by atoms with Gasteiger partial charge in [-0.25, -0.2) is 14.8 Å². The van der Waals surface area contributed by atoms with Gasteiger partial charge in [0.15, 0.2) is 0 Å². The third kappa shape index (κ3) is 5.56. The fraction of sp³-hybridized carbons (Fsp3) is 0.500. The zero-order valence-electron chi connectivity index (χ0n) is 18.1. The van der Waals surface area contributed by atoms with E-state index in [0.29, 0.717) is 25.0 Å². The van der Waals surface area contributed by atoms with E-state index >= 15 is 0 Å². The van der Waals surface area contributed by atoms with Crippen LogP contribution >= 0.6 is 0 Å². The molecular weight excluding hydrogens is 452 g/mol. The summed E-state index contributed by atoms with van der Waals surface area (Å²) >= 11 is 0. The molecule has 33 heavy (non-hydrogen) atoms. The second-order valence-electron chi connectivity index (χ2n) is 9.17. The van der Waals surface area contributed by atoms with Crippen molar-refractivity contribution in [2.45, 2.75) is 57.9 Å². The van der Waals surface area contributed by atoms with Crippen LogP contribution in [0.25, 0.3) is 11.3 Å². The van der Waals surface area contributed by atoms with Gasteiger partial charge in [0.25, 0.3) is 0 Å². The van der Waals surface area contributed by atoms with Crippen molar-refractivity contribution in [1.29, 1.82) is 0 Å². The van der Waals surface area contributed by atoms with Crippen LogP contribution in [0.2, 0.25) is 0 Å². The van der Waals surface area contributed by atoms with Gasteiger partial charge in [0, 0.05) is 30.3 Å². The summed E-state index contributed by atoms with van der Waals surface area (Å²) in [5.41, 5.74) is -3.62. The van der Waals surface area contributed by atoms with Crippen molar-refractivity contribution in [3.05, 3.63) is 47.4 Å². The van der Waals surface area contributed by atoms with Gasteiger partial charge in [-0.1, -0.05) is 20.8 Å². The normalized spacial score (nSPS) is 20.1. The molecule has 1 aliphatic heterocycles. The molecule has 0 saturated carbocycles. The molecule has 1 aromatic heterocycles. The van der Waals surface area contributed by atoms with E-state index in [2.05, 4.69) is 9.97 Å². The van der Waals surface area contributed by atoms with Crippen molar-refractivity contribution in [2.24, 2.45) is 5.41 Å². The number of benzene rings is 1. The van der Waals surface area contributed by atoms with E-state index in [1.54, 1.807) is 0 Å². The van der Waals surface area contributed by atoms with E-state index in [4.69, 9.17) is 0 Å². The van der Waals surface area contributed by atoms with Crippen LogP contribution in [0, 0.1) is 5.41 Å². The van der Waals surface area contributed by atoms with Gasteiger partial charge in [0.05, 0.1) is 16.8 Å². The summed E-state index contributed by atoms with van der Waals surface area (Å²) in [6, 6.07) is 2.23. The van der Waals surface area contributed by atoms with Crippen molar-refractivity contribution in [3.63, 3.8) is 0 Å². The standard InChI is InChI=1S/C22H23F6N3O2/c1-20(2,3)17-10-12(5-7-31(17)19(32)33)18-29-6-4-16(30-18)13-8-14(21(23,24)25)11-15(9-13)22(26,27)28/h4,6,8-9,11-12,17H,5,7,10H2,1-3H3,(H,32,33). The van der Waals surface area contributed by atoms with Gasteiger partial charge in [0.2, 0.25) is 0 Å². The van der Waals surface area contributed by atoms with Crippen LogP contribution in [0.5, 0.6) is 0 Å². The first kappa shape index (κ1) is 24.8. The smallest absolute Gasteiger partial charge is 0.416 e. The summed E-state index contributed by atoms with van der Waals surface area (Å²) in [7, 11) is 0. The van der Waals surface area contributed by atoms with Gasteiger partial charge < -0.3 is 10.0 Å². The number of halogens is 6. The highest BCUT2D eigenvalue weighted by Crippen LogP contribution is 2.40. The van der Waals surface area contributed by atoms with Crippen molar-refractivity contribution < 1.29 is 36.2 Å². The highest BCUT2D eigenvalue weighted by Gasteiger charge is 2.40. The maximum atomic E-state index is 13.2. The van der Waals surface area contributed by atoms with Crippen LogP contribution in [0.15, 0.2) is 30.5 Å². The highest BCUT2D eigenvalue weighted by atomic mass is 19.4. The number of rotatable bonds is 2. The van der Waals surface area contributed by atoms with Crippen LogP contribution in [0.3, 0.4) is 0 Å². The lowest BCUT2D eigenvalue weighted by Gasteiger charge is -2.44. The Morgan fingerprint density at radius 1 is 1.03 bits per heavy atom. The monoisotopic (exact) mass is 475 g/mol. The average molecular weight is 475 g/mol. The average Bonchev–Trinajstić information content (AvgIpc) is 2.71. The predicted molar refractivity (Wildman–Crippen MR) is 107 cm³/mol. The van der Waals surface area contributed by atoms with Crippen molar-refractivity contribution in [2.75, 3.05) is 6.54 Å². The van der Waals surface area contributed by atoms with E-state index < -0.39 is 35.0 Å². The zero-order valence-corrected chi connectivity index (χ0v) is 18.1. The molecule has 2 aromatic rings. The van der Waals surface area contributed by atoms with Gasteiger partial charge in [-0.05, 0) is 42.5 Å². The molecule has 0 radical (unpaired) electrons. The van der Waals surface area contributed by atoms with Gasteiger partial charge in [-0.15, -0.1) is 0 Å². The molecule has 2 atom stereocenters. The minimum Gasteiger partial charge on any atom is -0.465 e. The number of hydrogen-bond acceptors (Lipinski definition) is 3. The molecule has 1 aliphatic rings. The van der Waals surface area contributed by atoms with Gasteiger partial charge >= 0.3 is 18.4 Å². The van der Waals surface area contributed by atoms with Gasteiger partial charge in [-0.3, -0.25) is 0 Å². The van der Waals surface area contributed by atoms with Crippen molar-refractivity contribution in [3.8, 4) is 11.3 Å². The number of carboxylic acid groups (broad SMARTS) is 1. The van der Waals surface area contributed by atoms with E-state index in [1.807, 2.05) is 20.8 Å². The molecular formula is C22H23F6N3O2. The van der Waals surface area contributed by atoms with E-state index in [-0.39, 0.29) is 41.7 Å². The number of alkyl halides is 6. The van der Waals surface area contributed by atoms with E-state index in [9.17, 15) is 36.2 Å². The maximum Gasteiger partial charge on any atom is 0.416 e. The molecule has 0 aliphatic carbocycles. The first-order valence-corrected chi connectivity index (χ1v) is 10.2. The lowest BCUT2D eigenvalue weighted by molar-refractivity contribution is -0.143. The largest absolute Gasteiger partial charge is 0.465 e. The summed E-state index contributed by atoms with van der Waals surface area (Å²) in [5.74, 6) is -0.0320. The Bertz CT molecular complexity index is 998. The number of carbonyl (C=O) groups is 1. The molecule has 1 aromatic carbocycles. The Hall–Kier alpha value is -2.85. The summed E-state index contributed by atoms with van der Waals surface area (Å²) in [5, 5.41) is 9.52. The fourth-order valence-corrected chi connectivity index (χ4v) is 4.08. The Labute approximate surface area is 186 Å². The quantitative estimate of drug-likeness (QED) is 0.507. The minimum absolute atomic E-state index is 0.0652. The number of hydrogen-bond donors (Lipinski definition) is 1. The number of nitrogens with zero attached hydrogens (tertiary/aromatic N) is 3. The first-order chi connectivity index (χ1) is 15.1. The molecule has 1 saturated heterocycles. The number of aromatic nitrogens is 2. The molecule has 1 N–H and O–H groups in total. The van der Waals surface area contributed by atoms with Gasteiger partial charge in [-0.2, -0.15) is 26.3 Å². The summed E-state index contributed by atoms with van der Waals surface area (Å²) in [6.45, 7) is 5.91. The Kier molecular flexibility index (Phi) is 6.38. The molecule has 11 heteroatoms. The summed E-state index contributed by atoms with van der Waals surface area (Å²) in [4.78, 5) is 21.5. The van der Waals surface area contributed by atoms with Crippen LogP contribution in [-0.4, -0.2) is 38.7 Å². The molecule has 180 valence electrons. The zero-order chi connectivity index (χ0) is 24.8. The van der Waals surface area contributed by atoms with E-state index in [1.165, 1.54) is 17.2 Å². The van der Waals surface area contributed by atoms with E-state index in [0.717, 1.165) is 0 Å². The minimum atomic E-state index is -4.96. The fourth-order valence-electron chi connectivity index (χ4n) is 4.08. The molecule has 0 spiro atoms. The third-order valence-corrected chi connectivity index (χ3v) is 5.77. The topological polar surface area (TPSA) is 66.3 Å². The molecule has 2 heterocycles. The van der Waals surface area contributed by atoms with Crippen LogP contribution in [0.1, 0.15) is 56.5 Å². The second kappa shape index (κ2) is 8.49. The summed E-state index contributed by atoms with van der Waals surface area (Å²) < 4.78 is 79.4. The maximum absolute atomic E-state index is 13.2. The number of piperidine rings is 1. The predicted octanol–water partition coefficient (Wildman–Crippen LogP) is 6.45. The number of amides is 1. The SMILES string of the molecule is CC(C)(C)C1CC(c2nccc(-c3cc(C(F)(F)F)cc(C(F)(F)F)c3)n2)CCN1C(=O)O. The third-order valence-electron chi connectivity index (χ3n) is 5.77. The molecule has 1 amide bonds. The Morgan fingerprint density at radius 3 is 2.09 bits per heavy atom. The summed E-state index contributed by atoms with van der Waals surface area (Å²) in [6.07, 6.45) is -8.91. The van der Waals surface area contributed by atoms with Gasteiger partial charge in [0.1, 0.15) is 5.82 Å². The molecule has 1 fully saturated rings. The number of likely N-dealkylation sites (tertiary alicyclic amines) is 1. The lowest BCUT2D eigenvalue weighted by atomic mass is 9.77. The molecule has 0 bridgehead atoms. The van der Waals surface area contributed by atoms with Crippen LogP contribution < -0.4 is 0 Å². The van der Waals surface area contributed by atoms with Crippen LogP contribution in [-0.2, 0) is 12.4 Å². The lowest BCUT2D eigenvalue weighted by Crippen LogP contribution is -2.51. The van der Waals surface area contributed by atoms with Crippen molar-refractivity contribution >= 4 is 6.09 Å². The first-order valence-electron chi connectivity index (χ1n) is 10.2. The second-order valence-corrected chi connectivity index (χ2v) is 9.17. The molecule has 2 unspecified atom stereocenters. The molecule has 5 nitrogen and oxygen atoms in total. The van der Waals surface area contributed by atoms with Crippen LogP contribution in [0.4, 0.5) is 31.1 Å². The van der Waals surface area contributed by atoms with Crippen molar-refractivity contribution in [1.82, 2.24) is 14.9 Å². The Balaban J connectivity index is 2.00. The Morgan fingerprint density at radius 2 is 1.61 bits per heavy atom.